The number of azo groups is 1. The summed E-state index contributed by atoms with van der Waals surface area (Å²) in [7, 11) is 0.0383. The van der Waals surface area contributed by atoms with Crippen molar-refractivity contribution in [2.24, 2.45) is 17.3 Å². The smallest absolute Gasteiger partial charge is 0.409 e. The molecule has 1 aromatic heterocycles. The first-order chi connectivity index (χ1) is 15.2. The third-order valence-electron chi connectivity index (χ3n) is 4.42. The van der Waals surface area contributed by atoms with E-state index in [1.807, 2.05) is 61.0 Å². The fourth-order valence-electron chi connectivity index (χ4n) is 2.57. The van der Waals surface area contributed by atoms with Crippen molar-refractivity contribution < 1.29 is 31.6 Å². The van der Waals surface area contributed by atoms with Crippen molar-refractivity contribution in [3.05, 3.63) is 42.5 Å². The van der Waals surface area contributed by atoms with Crippen LogP contribution in [0.15, 0.2) is 52.7 Å². The molecule has 1 atom stereocenters. The van der Waals surface area contributed by atoms with Crippen molar-refractivity contribution >= 4 is 48.5 Å². The van der Waals surface area contributed by atoms with E-state index in [1.54, 1.807) is 18.4 Å². The highest BCUT2D eigenvalue weighted by molar-refractivity contribution is 7.80. The van der Waals surface area contributed by atoms with Gasteiger partial charge in [-0.1, -0.05) is 6.92 Å². The number of fused-ring (bicyclic) bond motifs is 1. The van der Waals surface area contributed by atoms with Gasteiger partial charge in [-0.05, 0) is 59.3 Å². The van der Waals surface area contributed by atoms with Gasteiger partial charge in [0.15, 0.2) is 0 Å². The van der Waals surface area contributed by atoms with Crippen molar-refractivity contribution in [2.75, 3.05) is 26.1 Å². The van der Waals surface area contributed by atoms with Crippen molar-refractivity contribution in [3.8, 4) is 5.75 Å². The number of aliphatic hydroxyl groups excluding tert-OH is 1. The lowest BCUT2D eigenvalue weighted by Crippen LogP contribution is -2.25. The maximum Gasteiger partial charge on any atom is 0.409 e. The highest BCUT2D eigenvalue weighted by atomic mass is 32.3. The number of ether oxygens (including phenoxy) is 1. The molecule has 10 nitrogen and oxygen atoms in total. The standard InChI is InChI=1S/C19H22N4O2S.CH4O4S/c1-4-13(12-24)20-14-5-7-15(8-6-14)21-22-19-23(2)17-10-9-16(25-3)11-18(17)26-19;1-5-6(2,3)4/h5-11,13,24H,4,12H2,1-3H3;1H3,(H,2,3,4). The Bertz CT molecular complexity index is 1140. The molecule has 3 aromatic rings. The summed E-state index contributed by atoms with van der Waals surface area (Å²) in [4.78, 5) is 0. The lowest BCUT2D eigenvalue weighted by Gasteiger charge is -2.15. The molecule has 0 bridgehead atoms. The van der Waals surface area contributed by atoms with Gasteiger partial charge in [-0.25, -0.2) is 13.0 Å². The average Bonchev–Trinajstić information content (AvgIpc) is 3.11. The minimum absolute atomic E-state index is 0.0667. The number of nitrogens with zero attached hydrogens (tertiary/aromatic N) is 3. The second-order valence-electron chi connectivity index (χ2n) is 6.53. The van der Waals surface area contributed by atoms with Gasteiger partial charge in [0, 0.05) is 17.8 Å². The van der Waals surface area contributed by atoms with Crippen LogP contribution in [-0.2, 0) is 21.6 Å². The van der Waals surface area contributed by atoms with E-state index in [0.29, 0.717) is 0 Å². The Balaban J connectivity index is 0.000000534. The van der Waals surface area contributed by atoms with Crippen molar-refractivity contribution in [3.63, 3.8) is 0 Å². The molecule has 0 aliphatic carbocycles. The van der Waals surface area contributed by atoms with Crippen LogP contribution in [0.4, 0.5) is 16.5 Å². The minimum atomic E-state index is -4.41. The quantitative estimate of drug-likeness (QED) is 0.217. The molecule has 1 unspecified atom stereocenters. The first-order valence-electron chi connectivity index (χ1n) is 9.58. The summed E-state index contributed by atoms with van der Waals surface area (Å²) in [6, 6.07) is 13.7. The number of aryl methyl sites for hydroxylation is 1. The van der Waals surface area contributed by atoms with E-state index in [2.05, 4.69) is 19.7 Å². The first-order valence-corrected chi connectivity index (χ1v) is 11.7. The van der Waals surface area contributed by atoms with Gasteiger partial charge < -0.3 is 19.7 Å². The van der Waals surface area contributed by atoms with Crippen LogP contribution in [0.25, 0.3) is 10.2 Å². The highest BCUT2D eigenvalue weighted by Crippen LogP contribution is 2.30. The summed E-state index contributed by atoms with van der Waals surface area (Å²) in [5, 5.41) is 22.1. The zero-order valence-corrected chi connectivity index (χ0v) is 19.8. The molecule has 0 amide bonds. The van der Waals surface area contributed by atoms with Gasteiger partial charge in [-0.2, -0.15) is 0 Å². The summed E-state index contributed by atoms with van der Waals surface area (Å²) >= 11 is 1.57. The molecular formula is C20H26N4O6S2. The number of nitrogens with one attached hydrogen (secondary N) is 1. The van der Waals surface area contributed by atoms with Crippen LogP contribution in [-0.4, -0.2) is 44.9 Å². The van der Waals surface area contributed by atoms with Gasteiger partial charge in [0.25, 0.3) is 0 Å². The predicted molar refractivity (Wildman–Crippen MR) is 122 cm³/mol. The Hall–Kier alpha value is -2.64. The molecule has 0 saturated heterocycles. The molecule has 3 rings (SSSR count). The minimum Gasteiger partial charge on any atom is -0.726 e. The Labute approximate surface area is 191 Å². The summed E-state index contributed by atoms with van der Waals surface area (Å²) in [5.41, 5.74) is 2.84. The van der Waals surface area contributed by atoms with Crippen LogP contribution >= 0.6 is 11.3 Å². The highest BCUT2D eigenvalue weighted by Gasteiger charge is 2.16. The zero-order chi connectivity index (χ0) is 23.7. The SMILES string of the molecule is CCC(CO)Nc1ccc(N=Nc2sc3cc(OC)ccc3[n+]2C)cc1.COS(=O)(=O)[O-]. The second kappa shape index (κ2) is 11.8. The number of hydrogen-bond acceptors (Lipinski definition) is 10. The van der Waals surface area contributed by atoms with Crippen LogP contribution in [0.3, 0.4) is 0 Å². The summed E-state index contributed by atoms with van der Waals surface area (Å²) in [6.45, 7) is 2.16. The van der Waals surface area contributed by atoms with Gasteiger partial charge >= 0.3 is 5.13 Å². The maximum absolute atomic E-state index is 9.27. The summed E-state index contributed by atoms with van der Waals surface area (Å²) in [5.74, 6) is 0.833. The largest absolute Gasteiger partial charge is 0.726 e. The molecule has 0 radical (unpaired) electrons. The second-order valence-corrected chi connectivity index (χ2v) is 8.69. The van der Waals surface area contributed by atoms with Crippen LogP contribution in [0, 0.1) is 0 Å². The van der Waals surface area contributed by atoms with Gasteiger partial charge in [0.05, 0.1) is 37.7 Å². The molecule has 0 aliphatic heterocycles. The van der Waals surface area contributed by atoms with Crippen LogP contribution in [0.1, 0.15) is 13.3 Å². The van der Waals surface area contributed by atoms with Crippen molar-refractivity contribution in [1.82, 2.24) is 0 Å². The first kappa shape index (κ1) is 25.6. The molecule has 0 aliphatic rings. The number of benzene rings is 2. The monoisotopic (exact) mass is 482 g/mol. The number of thiazole rings is 1. The van der Waals surface area contributed by atoms with Gasteiger partial charge in [-0.3, -0.25) is 4.18 Å². The number of anilines is 1. The topological polar surface area (TPSA) is 137 Å². The van der Waals surface area contributed by atoms with E-state index < -0.39 is 10.4 Å². The van der Waals surface area contributed by atoms with E-state index >= 15 is 0 Å². The van der Waals surface area contributed by atoms with E-state index in [1.165, 1.54) is 0 Å². The molecule has 2 aromatic carbocycles. The molecule has 174 valence electrons. The normalized spacial score (nSPS) is 12.4. The fraction of sp³-hybridized carbons (Fsp3) is 0.350. The lowest BCUT2D eigenvalue weighted by atomic mass is 10.2. The van der Waals surface area contributed by atoms with Crippen LogP contribution < -0.4 is 14.6 Å². The van der Waals surface area contributed by atoms with Gasteiger partial charge in [0.1, 0.15) is 17.0 Å². The van der Waals surface area contributed by atoms with E-state index in [-0.39, 0.29) is 12.6 Å². The molecule has 0 fully saturated rings. The number of methoxy groups -OCH3 is 1. The molecule has 12 heteroatoms. The van der Waals surface area contributed by atoms with Crippen molar-refractivity contribution in [2.45, 2.75) is 19.4 Å². The van der Waals surface area contributed by atoms with E-state index in [9.17, 15) is 18.1 Å². The number of rotatable bonds is 8. The molecule has 0 spiro atoms. The fourth-order valence-corrected chi connectivity index (χ4v) is 3.57. The molecular weight excluding hydrogens is 456 g/mol. The van der Waals surface area contributed by atoms with Crippen LogP contribution in [0.2, 0.25) is 0 Å². The van der Waals surface area contributed by atoms with E-state index in [0.717, 1.165) is 46.0 Å². The number of aliphatic hydroxyl groups is 1. The third kappa shape index (κ3) is 7.50. The molecule has 1 heterocycles. The maximum atomic E-state index is 9.27. The Kier molecular flexibility index (Phi) is 9.47. The van der Waals surface area contributed by atoms with Crippen LogP contribution in [0.5, 0.6) is 5.75 Å². The van der Waals surface area contributed by atoms with Gasteiger partial charge in [0.2, 0.25) is 10.4 Å². The molecule has 32 heavy (non-hydrogen) atoms. The third-order valence-corrected chi connectivity index (χ3v) is 5.92. The van der Waals surface area contributed by atoms with E-state index in [4.69, 9.17) is 4.74 Å². The summed E-state index contributed by atoms with van der Waals surface area (Å²) < 4.78 is 39.4. The number of hydrogen-bond donors (Lipinski definition) is 2. The van der Waals surface area contributed by atoms with Gasteiger partial charge in [-0.15, -0.1) is 0 Å². The number of aromatic nitrogens is 1. The zero-order valence-electron chi connectivity index (χ0n) is 18.2. The Morgan fingerprint density at radius 2 is 1.84 bits per heavy atom. The molecule has 2 N–H and O–H groups in total. The summed E-state index contributed by atoms with van der Waals surface area (Å²) in [6.07, 6.45) is 0.866. The Morgan fingerprint density at radius 1 is 1.19 bits per heavy atom. The predicted octanol–water partition coefficient (Wildman–Crippen LogP) is 3.43. The Morgan fingerprint density at radius 3 is 2.38 bits per heavy atom. The average molecular weight is 483 g/mol. The van der Waals surface area contributed by atoms with Crippen molar-refractivity contribution in [1.29, 1.82) is 0 Å². The molecule has 0 saturated carbocycles. The lowest BCUT2D eigenvalue weighted by molar-refractivity contribution is -0.627.